The molecule has 1 aliphatic rings. The minimum atomic E-state index is -3.02. The Morgan fingerprint density at radius 1 is 1.17 bits per heavy atom. The molecule has 0 atom stereocenters. The summed E-state index contributed by atoms with van der Waals surface area (Å²) in [6, 6.07) is 6.98. The molecule has 24 heavy (non-hydrogen) atoms. The first-order valence-corrected chi connectivity index (χ1v) is 10.3. The summed E-state index contributed by atoms with van der Waals surface area (Å²) in [4.78, 5) is 11.7. The predicted molar refractivity (Wildman–Crippen MR) is 93.4 cm³/mol. The van der Waals surface area contributed by atoms with Gasteiger partial charge in [-0.05, 0) is 36.3 Å². The number of urea groups is 1. The first-order chi connectivity index (χ1) is 11.4. The van der Waals surface area contributed by atoms with Gasteiger partial charge in [0.05, 0.1) is 5.75 Å². The Hall–Kier alpha value is -1.60. The largest absolute Gasteiger partial charge is 0.381 e. The molecule has 0 unspecified atom stereocenters. The van der Waals surface area contributed by atoms with Crippen LogP contribution >= 0.6 is 0 Å². The monoisotopic (exact) mass is 354 g/mol. The van der Waals surface area contributed by atoms with Crippen LogP contribution in [-0.2, 0) is 26.9 Å². The average Bonchev–Trinajstić information content (AvgIpc) is 3.33. The first kappa shape index (κ1) is 18.7. The van der Waals surface area contributed by atoms with Crippen LogP contribution in [-0.4, -0.2) is 40.5 Å². The number of carbonyl (C=O) groups excluding carboxylic acids is 1. The SMILES string of the molecule is CS(=O)(=O)Cc1ccc(CNC(=O)NCCCOCC2CC2)cc1. The van der Waals surface area contributed by atoms with Crippen LogP contribution in [0.4, 0.5) is 4.79 Å². The highest BCUT2D eigenvalue weighted by Crippen LogP contribution is 2.28. The van der Waals surface area contributed by atoms with Gasteiger partial charge < -0.3 is 15.4 Å². The van der Waals surface area contributed by atoms with Gasteiger partial charge in [-0.25, -0.2) is 13.2 Å². The number of hydrogen-bond donors (Lipinski definition) is 2. The molecule has 0 aliphatic heterocycles. The summed E-state index contributed by atoms with van der Waals surface area (Å²) in [6.45, 7) is 2.52. The van der Waals surface area contributed by atoms with E-state index in [9.17, 15) is 13.2 Å². The Bertz CT molecular complexity index is 624. The Morgan fingerprint density at radius 3 is 2.46 bits per heavy atom. The van der Waals surface area contributed by atoms with Crippen molar-refractivity contribution in [1.29, 1.82) is 0 Å². The van der Waals surface area contributed by atoms with E-state index >= 15 is 0 Å². The number of benzene rings is 1. The Balaban J connectivity index is 1.57. The van der Waals surface area contributed by atoms with Gasteiger partial charge in [0.1, 0.15) is 0 Å². The summed E-state index contributed by atoms with van der Waals surface area (Å²) in [5.41, 5.74) is 1.67. The minimum absolute atomic E-state index is 0.0318. The summed E-state index contributed by atoms with van der Waals surface area (Å²) in [5.74, 6) is 0.800. The van der Waals surface area contributed by atoms with Gasteiger partial charge in [0.2, 0.25) is 0 Å². The fourth-order valence-electron chi connectivity index (χ4n) is 2.21. The fraction of sp³-hybridized carbons (Fsp3) is 0.588. The molecule has 2 N–H and O–H groups in total. The highest BCUT2D eigenvalue weighted by Gasteiger charge is 2.20. The Morgan fingerprint density at radius 2 is 1.83 bits per heavy atom. The van der Waals surface area contributed by atoms with Crippen LogP contribution in [0.15, 0.2) is 24.3 Å². The van der Waals surface area contributed by atoms with Gasteiger partial charge in [0.15, 0.2) is 9.84 Å². The smallest absolute Gasteiger partial charge is 0.315 e. The lowest BCUT2D eigenvalue weighted by molar-refractivity contribution is 0.122. The Labute approximate surface area is 143 Å². The molecule has 1 fully saturated rings. The van der Waals surface area contributed by atoms with Crippen molar-refractivity contribution in [3.63, 3.8) is 0 Å². The molecule has 2 amide bonds. The van der Waals surface area contributed by atoms with Crippen molar-refractivity contribution >= 4 is 15.9 Å². The van der Waals surface area contributed by atoms with Gasteiger partial charge in [-0.1, -0.05) is 24.3 Å². The van der Waals surface area contributed by atoms with Gasteiger partial charge in [-0.2, -0.15) is 0 Å². The number of nitrogens with one attached hydrogen (secondary N) is 2. The van der Waals surface area contributed by atoms with E-state index in [1.807, 2.05) is 12.1 Å². The van der Waals surface area contributed by atoms with E-state index in [1.54, 1.807) is 12.1 Å². The number of sulfone groups is 1. The van der Waals surface area contributed by atoms with Crippen LogP contribution < -0.4 is 10.6 Å². The van der Waals surface area contributed by atoms with Crippen LogP contribution in [0.3, 0.4) is 0 Å². The molecule has 0 heterocycles. The van der Waals surface area contributed by atoms with Crippen LogP contribution in [0.1, 0.15) is 30.4 Å². The molecular weight excluding hydrogens is 328 g/mol. The van der Waals surface area contributed by atoms with Crippen LogP contribution in [0.25, 0.3) is 0 Å². The van der Waals surface area contributed by atoms with Crippen molar-refractivity contribution in [3.05, 3.63) is 35.4 Å². The van der Waals surface area contributed by atoms with E-state index in [0.29, 0.717) is 19.7 Å². The van der Waals surface area contributed by atoms with E-state index in [1.165, 1.54) is 19.1 Å². The number of rotatable bonds is 10. The van der Waals surface area contributed by atoms with Gasteiger partial charge >= 0.3 is 6.03 Å². The van der Waals surface area contributed by atoms with E-state index in [4.69, 9.17) is 4.74 Å². The van der Waals surface area contributed by atoms with Gasteiger partial charge in [-0.15, -0.1) is 0 Å². The third kappa shape index (κ3) is 8.31. The zero-order chi connectivity index (χ0) is 17.4. The molecule has 7 heteroatoms. The fourth-order valence-corrected chi connectivity index (χ4v) is 3.01. The molecule has 0 bridgehead atoms. The maximum atomic E-state index is 11.7. The van der Waals surface area contributed by atoms with E-state index in [0.717, 1.165) is 30.1 Å². The molecule has 1 aliphatic carbocycles. The van der Waals surface area contributed by atoms with Crippen molar-refractivity contribution in [2.75, 3.05) is 26.0 Å². The van der Waals surface area contributed by atoms with Crippen molar-refractivity contribution in [1.82, 2.24) is 10.6 Å². The maximum absolute atomic E-state index is 11.7. The van der Waals surface area contributed by atoms with Gasteiger partial charge in [-0.3, -0.25) is 0 Å². The molecule has 0 saturated heterocycles. The van der Waals surface area contributed by atoms with Gasteiger partial charge in [0.25, 0.3) is 0 Å². The van der Waals surface area contributed by atoms with Gasteiger partial charge in [0, 0.05) is 32.6 Å². The Kier molecular flexibility index (Phi) is 7.05. The van der Waals surface area contributed by atoms with E-state index < -0.39 is 9.84 Å². The summed E-state index contributed by atoms with van der Waals surface area (Å²) < 4.78 is 28.0. The molecule has 1 aromatic carbocycles. The van der Waals surface area contributed by atoms with Crippen molar-refractivity contribution in [3.8, 4) is 0 Å². The third-order valence-corrected chi connectivity index (χ3v) is 4.56. The van der Waals surface area contributed by atoms with Crippen LogP contribution in [0.5, 0.6) is 0 Å². The van der Waals surface area contributed by atoms with Crippen molar-refractivity contribution in [2.45, 2.75) is 31.6 Å². The summed E-state index contributed by atoms with van der Waals surface area (Å²) >= 11 is 0. The standard InChI is InChI=1S/C17H26N2O4S/c1-24(21,22)13-16-7-3-14(4-8-16)11-19-17(20)18-9-2-10-23-12-15-5-6-15/h3-4,7-8,15H,2,5-6,9-13H2,1H3,(H2,18,19,20). The number of carbonyl (C=O) groups is 1. The molecule has 2 rings (SSSR count). The predicted octanol–water partition coefficient (Wildman–Crippen LogP) is 1.85. The zero-order valence-electron chi connectivity index (χ0n) is 14.1. The van der Waals surface area contributed by atoms with Crippen LogP contribution in [0, 0.1) is 5.92 Å². The molecule has 0 radical (unpaired) electrons. The van der Waals surface area contributed by atoms with Crippen molar-refractivity contribution < 1.29 is 17.9 Å². The maximum Gasteiger partial charge on any atom is 0.315 e. The lowest BCUT2D eigenvalue weighted by Crippen LogP contribution is -2.35. The summed E-state index contributed by atoms with van der Waals surface area (Å²) in [7, 11) is -3.02. The first-order valence-electron chi connectivity index (χ1n) is 8.27. The average molecular weight is 354 g/mol. The quantitative estimate of drug-likeness (QED) is 0.628. The third-order valence-electron chi connectivity index (χ3n) is 3.71. The number of hydrogen-bond acceptors (Lipinski definition) is 4. The lowest BCUT2D eigenvalue weighted by atomic mass is 10.1. The summed E-state index contributed by atoms with van der Waals surface area (Å²) in [5, 5.41) is 5.57. The molecule has 6 nitrogen and oxygen atoms in total. The number of amides is 2. The lowest BCUT2D eigenvalue weighted by Gasteiger charge is -2.08. The molecule has 1 aromatic rings. The molecule has 0 aromatic heterocycles. The highest BCUT2D eigenvalue weighted by atomic mass is 32.2. The molecule has 134 valence electrons. The minimum Gasteiger partial charge on any atom is -0.381 e. The molecule has 1 saturated carbocycles. The highest BCUT2D eigenvalue weighted by molar-refractivity contribution is 7.89. The topological polar surface area (TPSA) is 84.5 Å². The second kappa shape index (κ2) is 9.03. The van der Waals surface area contributed by atoms with E-state index in [-0.39, 0.29) is 11.8 Å². The van der Waals surface area contributed by atoms with E-state index in [2.05, 4.69) is 10.6 Å². The normalized spacial score (nSPS) is 14.4. The molecule has 0 spiro atoms. The second-order valence-electron chi connectivity index (χ2n) is 6.37. The van der Waals surface area contributed by atoms with Crippen molar-refractivity contribution in [2.24, 2.45) is 5.92 Å². The zero-order valence-corrected chi connectivity index (χ0v) is 14.9. The van der Waals surface area contributed by atoms with Crippen LogP contribution in [0.2, 0.25) is 0 Å². The second-order valence-corrected chi connectivity index (χ2v) is 8.51. The molecular formula is C17H26N2O4S. The summed E-state index contributed by atoms with van der Waals surface area (Å²) in [6.07, 6.45) is 4.59. The number of ether oxygens (including phenoxy) is 1.